The Hall–Kier alpha value is -2.51. The fourth-order valence-electron chi connectivity index (χ4n) is 2.90. The van der Waals surface area contributed by atoms with Gasteiger partial charge in [-0.15, -0.1) is 0 Å². The normalized spacial score (nSPS) is 12.1. The molecule has 3 rings (SSSR count). The Balaban J connectivity index is 2.00. The molecule has 140 valence electrons. The van der Waals surface area contributed by atoms with E-state index >= 15 is 0 Å². The van der Waals surface area contributed by atoms with E-state index in [9.17, 15) is 9.59 Å². The SMILES string of the molecule is COCCn1c(C(C)NC(=O)c2ccccc2Br)nc2ccccc2c1=O. The molecule has 2 aromatic carbocycles. The monoisotopic (exact) mass is 429 g/mol. The first kappa shape index (κ1) is 19.3. The van der Waals surface area contributed by atoms with E-state index in [-0.39, 0.29) is 11.5 Å². The molecule has 0 aliphatic rings. The summed E-state index contributed by atoms with van der Waals surface area (Å²) in [4.78, 5) is 30.2. The molecular formula is C20H20BrN3O3. The summed E-state index contributed by atoms with van der Waals surface area (Å²) in [7, 11) is 1.58. The average Bonchev–Trinajstić information content (AvgIpc) is 2.67. The maximum Gasteiger partial charge on any atom is 0.261 e. The first-order chi connectivity index (χ1) is 13.0. The standard InChI is InChI=1S/C20H20BrN3O3/c1-13(22-19(25)14-7-3-5-9-16(14)21)18-23-17-10-6-4-8-15(17)20(26)24(18)11-12-27-2/h3-10,13H,11-12H2,1-2H3,(H,22,25). The summed E-state index contributed by atoms with van der Waals surface area (Å²) in [5.41, 5.74) is 0.985. The molecule has 0 bridgehead atoms. The number of hydrogen-bond acceptors (Lipinski definition) is 4. The van der Waals surface area contributed by atoms with Gasteiger partial charge in [-0.2, -0.15) is 0 Å². The second-order valence-corrected chi connectivity index (χ2v) is 6.97. The molecule has 0 aliphatic carbocycles. The van der Waals surface area contributed by atoms with E-state index in [1.54, 1.807) is 35.9 Å². The molecule has 1 amide bonds. The highest BCUT2D eigenvalue weighted by Crippen LogP contribution is 2.18. The molecule has 1 N–H and O–H groups in total. The number of aromatic nitrogens is 2. The fraction of sp³-hybridized carbons (Fsp3) is 0.250. The molecule has 1 atom stereocenters. The lowest BCUT2D eigenvalue weighted by atomic mass is 10.2. The van der Waals surface area contributed by atoms with Crippen molar-refractivity contribution in [3.8, 4) is 0 Å². The van der Waals surface area contributed by atoms with E-state index in [1.165, 1.54) is 0 Å². The Morgan fingerprint density at radius 2 is 1.93 bits per heavy atom. The third kappa shape index (κ3) is 4.09. The van der Waals surface area contributed by atoms with Crippen LogP contribution in [0.3, 0.4) is 0 Å². The molecule has 0 saturated heterocycles. The molecule has 6 nitrogen and oxygen atoms in total. The van der Waals surface area contributed by atoms with Crippen molar-refractivity contribution < 1.29 is 9.53 Å². The minimum Gasteiger partial charge on any atom is -0.383 e. The lowest BCUT2D eigenvalue weighted by molar-refractivity contribution is 0.0936. The third-order valence-electron chi connectivity index (χ3n) is 4.26. The molecule has 0 aliphatic heterocycles. The molecule has 0 radical (unpaired) electrons. The predicted octanol–water partition coefficient (Wildman–Crippen LogP) is 3.30. The van der Waals surface area contributed by atoms with Crippen molar-refractivity contribution >= 4 is 32.7 Å². The second kappa shape index (κ2) is 8.45. The molecule has 1 aromatic heterocycles. The molecular weight excluding hydrogens is 410 g/mol. The quantitative estimate of drug-likeness (QED) is 0.652. The van der Waals surface area contributed by atoms with Crippen molar-refractivity contribution in [1.82, 2.24) is 14.9 Å². The van der Waals surface area contributed by atoms with Crippen LogP contribution in [0.5, 0.6) is 0 Å². The van der Waals surface area contributed by atoms with Crippen LogP contribution in [0.1, 0.15) is 29.1 Å². The van der Waals surface area contributed by atoms with Gasteiger partial charge in [0, 0.05) is 11.6 Å². The number of ether oxygens (including phenoxy) is 1. The van der Waals surface area contributed by atoms with Gasteiger partial charge in [-0.25, -0.2) is 4.98 Å². The molecule has 1 unspecified atom stereocenters. The van der Waals surface area contributed by atoms with Crippen LogP contribution in [0.15, 0.2) is 57.8 Å². The van der Waals surface area contributed by atoms with Crippen molar-refractivity contribution in [1.29, 1.82) is 0 Å². The summed E-state index contributed by atoms with van der Waals surface area (Å²) in [5.74, 6) is 0.256. The summed E-state index contributed by atoms with van der Waals surface area (Å²) < 4.78 is 7.41. The van der Waals surface area contributed by atoms with Gasteiger partial charge in [0.25, 0.3) is 11.5 Å². The summed E-state index contributed by atoms with van der Waals surface area (Å²) >= 11 is 3.39. The highest BCUT2D eigenvalue weighted by Gasteiger charge is 2.19. The van der Waals surface area contributed by atoms with E-state index in [0.29, 0.717) is 39.9 Å². The van der Waals surface area contributed by atoms with Crippen molar-refractivity contribution in [3.63, 3.8) is 0 Å². The number of methoxy groups -OCH3 is 1. The third-order valence-corrected chi connectivity index (χ3v) is 4.96. The first-order valence-electron chi connectivity index (χ1n) is 8.56. The lowest BCUT2D eigenvalue weighted by Crippen LogP contribution is -2.34. The average molecular weight is 430 g/mol. The number of fused-ring (bicyclic) bond motifs is 1. The van der Waals surface area contributed by atoms with Gasteiger partial charge in [0.2, 0.25) is 0 Å². The van der Waals surface area contributed by atoms with Crippen molar-refractivity contribution in [2.24, 2.45) is 0 Å². The maximum atomic E-state index is 12.9. The number of nitrogens with zero attached hydrogens (tertiary/aromatic N) is 2. The zero-order valence-electron chi connectivity index (χ0n) is 15.1. The zero-order valence-corrected chi connectivity index (χ0v) is 16.7. The van der Waals surface area contributed by atoms with Gasteiger partial charge in [0.05, 0.1) is 35.7 Å². The van der Waals surface area contributed by atoms with E-state index in [1.807, 2.05) is 31.2 Å². The van der Waals surface area contributed by atoms with Crippen LogP contribution in [0.25, 0.3) is 10.9 Å². The van der Waals surface area contributed by atoms with E-state index in [0.717, 1.165) is 0 Å². The summed E-state index contributed by atoms with van der Waals surface area (Å²) in [5, 5.41) is 3.47. The van der Waals surface area contributed by atoms with E-state index in [4.69, 9.17) is 4.74 Å². The number of para-hydroxylation sites is 1. The fourth-order valence-corrected chi connectivity index (χ4v) is 3.36. The van der Waals surface area contributed by atoms with Gasteiger partial charge >= 0.3 is 0 Å². The smallest absolute Gasteiger partial charge is 0.261 e. The van der Waals surface area contributed by atoms with Crippen LogP contribution in [-0.2, 0) is 11.3 Å². The summed E-state index contributed by atoms with van der Waals surface area (Å²) in [6.45, 7) is 2.55. The van der Waals surface area contributed by atoms with Crippen LogP contribution in [0, 0.1) is 0 Å². The van der Waals surface area contributed by atoms with Crippen LogP contribution in [-0.4, -0.2) is 29.2 Å². The molecule has 0 spiro atoms. The number of carbonyl (C=O) groups excluding carboxylic acids is 1. The molecule has 27 heavy (non-hydrogen) atoms. The highest BCUT2D eigenvalue weighted by molar-refractivity contribution is 9.10. The molecule has 0 fully saturated rings. The number of amides is 1. The number of halogens is 1. The molecule has 1 heterocycles. The minimum atomic E-state index is -0.459. The molecule has 0 saturated carbocycles. The number of nitrogens with one attached hydrogen (secondary N) is 1. The van der Waals surface area contributed by atoms with Crippen LogP contribution in [0.4, 0.5) is 0 Å². The van der Waals surface area contributed by atoms with Gasteiger partial charge in [-0.1, -0.05) is 24.3 Å². The van der Waals surface area contributed by atoms with Gasteiger partial charge in [0.1, 0.15) is 5.82 Å². The summed E-state index contributed by atoms with van der Waals surface area (Å²) in [6, 6.07) is 13.9. The number of carbonyl (C=O) groups is 1. The minimum absolute atomic E-state index is 0.144. The zero-order chi connectivity index (χ0) is 19.4. The Morgan fingerprint density at radius 3 is 2.67 bits per heavy atom. The Morgan fingerprint density at radius 1 is 1.22 bits per heavy atom. The maximum absolute atomic E-state index is 12.9. The van der Waals surface area contributed by atoms with Crippen molar-refractivity contribution in [3.05, 3.63) is 74.7 Å². The summed E-state index contributed by atoms with van der Waals surface area (Å²) in [6.07, 6.45) is 0. The molecule has 3 aromatic rings. The first-order valence-corrected chi connectivity index (χ1v) is 9.36. The van der Waals surface area contributed by atoms with Crippen LogP contribution >= 0.6 is 15.9 Å². The van der Waals surface area contributed by atoms with Gasteiger partial charge in [0.15, 0.2) is 0 Å². The largest absolute Gasteiger partial charge is 0.383 e. The number of hydrogen-bond donors (Lipinski definition) is 1. The number of benzene rings is 2. The van der Waals surface area contributed by atoms with E-state index in [2.05, 4.69) is 26.2 Å². The number of rotatable bonds is 6. The Labute approximate surface area is 165 Å². The topological polar surface area (TPSA) is 73.2 Å². The molecule has 7 heteroatoms. The van der Waals surface area contributed by atoms with Crippen LogP contribution < -0.4 is 10.9 Å². The van der Waals surface area contributed by atoms with E-state index < -0.39 is 6.04 Å². The lowest BCUT2D eigenvalue weighted by Gasteiger charge is -2.19. The highest BCUT2D eigenvalue weighted by atomic mass is 79.9. The Kier molecular flexibility index (Phi) is 6.03. The van der Waals surface area contributed by atoms with Gasteiger partial charge < -0.3 is 10.1 Å². The predicted molar refractivity (Wildman–Crippen MR) is 108 cm³/mol. The van der Waals surface area contributed by atoms with Crippen molar-refractivity contribution in [2.75, 3.05) is 13.7 Å². The Bertz CT molecular complexity index is 1030. The van der Waals surface area contributed by atoms with Gasteiger partial charge in [-0.3, -0.25) is 14.2 Å². The van der Waals surface area contributed by atoms with Gasteiger partial charge in [-0.05, 0) is 47.1 Å². The van der Waals surface area contributed by atoms with Crippen LogP contribution in [0.2, 0.25) is 0 Å². The van der Waals surface area contributed by atoms with Crippen molar-refractivity contribution in [2.45, 2.75) is 19.5 Å². The second-order valence-electron chi connectivity index (χ2n) is 6.11.